The third-order valence-corrected chi connectivity index (χ3v) is 3.49. The molecule has 15 heavy (non-hydrogen) atoms. The first-order chi connectivity index (χ1) is 6.91. The Hall–Kier alpha value is -0.790. The highest BCUT2D eigenvalue weighted by molar-refractivity contribution is 5.81. The zero-order chi connectivity index (χ0) is 11.5. The molecule has 0 spiro atoms. The van der Waals surface area contributed by atoms with Gasteiger partial charge in [0.2, 0.25) is 0 Å². The molecule has 2 nitrogen and oxygen atoms in total. The van der Waals surface area contributed by atoms with Gasteiger partial charge in [0.15, 0.2) is 0 Å². The molecule has 0 unspecified atom stereocenters. The molecule has 0 bridgehead atoms. The fourth-order valence-electron chi connectivity index (χ4n) is 2.36. The number of carbonyl (C=O) groups excluding carboxylic acids is 1. The molecule has 0 aromatic carbocycles. The number of hydrogen-bond donors (Lipinski definition) is 0. The van der Waals surface area contributed by atoms with Crippen LogP contribution in [0.15, 0.2) is 12.7 Å². The van der Waals surface area contributed by atoms with Crippen molar-refractivity contribution in [3.05, 3.63) is 12.7 Å². The predicted octanol–water partition coefficient (Wildman–Crippen LogP) is 3.46. The van der Waals surface area contributed by atoms with E-state index in [9.17, 15) is 4.79 Å². The van der Waals surface area contributed by atoms with Gasteiger partial charge in [0.05, 0.1) is 0 Å². The Bertz CT molecular complexity index is 242. The Morgan fingerprint density at radius 2 is 1.80 bits per heavy atom. The highest BCUT2D eigenvalue weighted by Gasteiger charge is 2.45. The number of hydrogen-bond acceptors (Lipinski definition) is 2. The van der Waals surface area contributed by atoms with Crippen molar-refractivity contribution in [1.82, 2.24) is 0 Å². The van der Waals surface area contributed by atoms with E-state index in [4.69, 9.17) is 4.74 Å². The first-order valence-corrected chi connectivity index (χ1v) is 5.77. The quantitative estimate of drug-likeness (QED) is 0.515. The van der Waals surface area contributed by atoms with Crippen LogP contribution < -0.4 is 0 Å². The maximum Gasteiger partial charge on any atom is 0.330 e. The van der Waals surface area contributed by atoms with Crippen LogP contribution in [0.5, 0.6) is 0 Å². The highest BCUT2D eigenvalue weighted by Crippen LogP contribution is 2.44. The van der Waals surface area contributed by atoms with E-state index < -0.39 is 0 Å². The van der Waals surface area contributed by atoms with E-state index in [-0.39, 0.29) is 17.0 Å². The summed E-state index contributed by atoms with van der Waals surface area (Å²) in [5, 5.41) is 0. The van der Waals surface area contributed by atoms with Gasteiger partial charge in [-0.2, -0.15) is 0 Å². The summed E-state index contributed by atoms with van der Waals surface area (Å²) in [5.74, 6) is -0.285. The smallest absolute Gasteiger partial charge is 0.330 e. The standard InChI is InChI=1S/C13H22O2/c1-5-11(14)15-13(12(2,3)4)9-7-6-8-10-13/h5H,1,6-10H2,2-4H3. The van der Waals surface area contributed by atoms with Gasteiger partial charge in [-0.25, -0.2) is 4.79 Å². The van der Waals surface area contributed by atoms with E-state index in [1.54, 1.807) is 0 Å². The van der Waals surface area contributed by atoms with Crippen LogP contribution in [0.1, 0.15) is 52.9 Å². The predicted molar refractivity (Wildman–Crippen MR) is 61.6 cm³/mol. The summed E-state index contributed by atoms with van der Waals surface area (Å²) < 4.78 is 5.64. The Balaban J connectivity index is 2.85. The molecule has 2 heteroatoms. The van der Waals surface area contributed by atoms with Crippen molar-refractivity contribution in [2.45, 2.75) is 58.5 Å². The van der Waals surface area contributed by atoms with Crippen molar-refractivity contribution in [2.75, 3.05) is 0 Å². The normalized spacial score (nSPS) is 20.7. The van der Waals surface area contributed by atoms with E-state index in [2.05, 4.69) is 27.4 Å². The highest BCUT2D eigenvalue weighted by atomic mass is 16.6. The number of esters is 1. The zero-order valence-corrected chi connectivity index (χ0v) is 10.1. The van der Waals surface area contributed by atoms with Crippen LogP contribution in [-0.2, 0) is 9.53 Å². The van der Waals surface area contributed by atoms with Crippen LogP contribution in [-0.4, -0.2) is 11.6 Å². The Morgan fingerprint density at radius 1 is 1.27 bits per heavy atom. The summed E-state index contributed by atoms with van der Waals surface area (Å²) >= 11 is 0. The fourth-order valence-corrected chi connectivity index (χ4v) is 2.36. The molecule has 0 amide bonds. The van der Waals surface area contributed by atoms with E-state index in [0.29, 0.717) is 0 Å². The zero-order valence-electron chi connectivity index (χ0n) is 10.1. The average molecular weight is 210 g/mol. The molecule has 86 valence electrons. The number of carbonyl (C=O) groups is 1. The van der Waals surface area contributed by atoms with Crippen LogP contribution >= 0.6 is 0 Å². The van der Waals surface area contributed by atoms with Gasteiger partial charge < -0.3 is 4.74 Å². The van der Waals surface area contributed by atoms with Crippen molar-refractivity contribution >= 4 is 5.97 Å². The second-order valence-corrected chi connectivity index (χ2v) is 5.43. The van der Waals surface area contributed by atoms with Crippen molar-refractivity contribution in [3.63, 3.8) is 0 Å². The van der Waals surface area contributed by atoms with Gasteiger partial charge in [-0.1, -0.05) is 33.8 Å². The Morgan fingerprint density at radius 3 is 2.20 bits per heavy atom. The molecular formula is C13H22O2. The third-order valence-electron chi connectivity index (χ3n) is 3.49. The molecule has 0 N–H and O–H groups in total. The second kappa shape index (κ2) is 4.38. The lowest BCUT2D eigenvalue weighted by atomic mass is 9.68. The third kappa shape index (κ3) is 2.61. The van der Waals surface area contributed by atoms with Crippen LogP contribution in [0.25, 0.3) is 0 Å². The van der Waals surface area contributed by atoms with Gasteiger partial charge in [0.1, 0.15) is 5.60 Å². The van der Waals surface area contributed by atoms with Gasteiger partial charge in [0.25, 0.3) is 0 Å². The SMILES string of the molecule is C=CC(=O)OC1(C(C)(C)C)CCCCC1. The molecule has 1 aliphatic rings. The summed E-state index contributed by atoms with van der Waals surface area (Å²) in [6, 6.07) is 0. The largest absolute Gasteiger partial charge is 0.455 e. The lowest BCUT2D eigenvalue weighted by Gasteiger charge is -2.46. The Kier molecular flexibility index (Phi) is 3.58. The molecule has 1 fully saturated rings. The van der Waals surface area contributed by atoms with Crippen LogP contribution in [0.2, 0.25) is 0 Å². The Labute approximate surface area is 92.7 Å². The molecule has 0 aromatic rings. The van der Waals surface area contributed by atoms with Crippen molar-refractivity contribution < 1.29 is 9.53 Å². The average Bonchev–Trinajstić information content (AvgIpc) is 2.17. The van der Waals surface area contributed by atoms with Crippen LogP contribution in [0, 0.1) is 5.41 Å². The van der Waals surface area contributed by atoms with Gasteiger partial charge in [0, 0.05) is 11.5 Å². The topological polar surface area (TPSA) is 26.3 Å². The monoisotopic (exact) mass is 210 g/mol. The fraction of sp³-hybridized carbons (Fsp3) is 0.769. The molecular weight excluding hydrogens is 188 g/mol. The maximum absolute atomic E-state index is 11.4. The van der Waals surface area contributed by atoms with E-state index in [0.717, 1.165) is 25.7 Å². The minimum absolute atomic E-state index is 0.00604. The van der Waals surface area contributed by atoms with Gasteiger partial charge in [-0.15, -0.1) is 0 Å². The lowest BCUT2D eigenvalue weighted by molar-refractivity contribution is -0.173. The van der Waals surface area contributed by atoms with Gasteiger partial charge in [-0.05, 0) is 25.7 Å². The van der Waals surface area contributed by atoms with E-state index >= 15 is 0 Å². The minimum Gasteiger partial charge on any atom is -0.455 e. The molecule has 0 heterocycles. The van der Waals surface area contributed by atoms with Crippen molar-refractivity contribution in [1.29, 1.82) is 0 Å². The summed E-state index contributed by atoms with van der Waals surface area (Å²) in [7, 11) is 0. The molecule has 1 saturated carbocycles. The number of ether oxygens (including phenoxy) is 1. The first kappa shape index (κ1) is 12.3. The molecule has 0 saturated heterocycles. The van der Waals surface area contributed by atoms with Crippen LogP contribution in [0.3, 0.4) is 0 Å². The summed E-state index contributed by atoms with van der Waals surface area (Å²) in [6.45, 7) is 9.91. The van der Waals surface area contributed by atoms with E-state index in [1.165, 1.54) is 12.5 Å². The number of rotatable bonds is 2. The maximum atomic E-state index is 11.4. The van der Waals surface area contributed by atoms with Crippen LogP contribution in [0.4, 0.5) is 0 Å². The summed E-state index contributed by atoms with van der Waals surface area (Å²) in [6.07, 6.45) is 6.79. The molecule has 0 aliphatic heterocycles. The molecule has 1 aliphatic carbocycles. The lowest BCUT2D eigenvalue weighted by Crippen LogP contribution is -2.48. The van der Waals surface area contributed by atoms with E-state index in [1.807, 2.05) is 0 Å². The first-order valence-electron chi connectivity index (χ1n) is 5.77. The van der Waals surface area contributed by atoms with Gasteiger partial charge >= 0.3 is 5.97 Å². The molecule has 0 aromatic heterocycles. The van der Waals surface area contributed by atoms with Crippen molar-refractivity contribution in [2.24, 2.45) is 5.41 Å². The molecule has 1 rings (SSSR count). The molecule has 0 atom stereocenters. The second-order valence-electron chi connectivity index (χ2n) is 5.43. The van der Waals surface area contributed by atoms with Crippen molar-refractivity contribution in [3.8, 4) is 0 Å². The van der Waals surface area contributed by atoms with Gasteiger partial charge in [-0.3, -0.25) is 0 Å². The summed E-state index contributed by atoms with van der Waals surface area (Å²) in [4.78, 5) is 11.4. The molecule has 0 radical (unpaired) electrons. The minimum atomic E-state index is -0.285. The summed E-state index contributed by atoms with van der Waals surface area (Å²) in [5.41, 5.74) is -0.275.